The summed E-state index contributed by atoms with van der Waals surface area (Å²) in [6, 6.07) is 9.88. The number of nitrogens with zero attached hydrogens (tertiary/aromatic N) is 1. The van der Waals surface area contributed by atoms with Gasteiger partial charge in [0.2, 0.25) is 5.91 Å². The highest BCUT2D eigenvalue weighted by atomic mass is 35.5. The van der Waals surface area contributed by atoms with Crippen molar-refractivity contribution in [2.75, 3.05) is 5.32 Å². The van der Waals surface area contributed by atoms with Crippen LogP contribution < -0.4 is 5.32 Å². The second-order valence-corrected chi connectivity index (χ2v) is 6.30. The molecule has 1 aromatic carbocycles. The molecule has 1 heterocycles. The number of aromatic nitrogens is 1. The van der Waals surface area contributed by atoms with Gasteiger partial charge in [-0.15, -0.1) is 0 Å². The number of amides is 1. The average molecular weight is 351 g/mol. The molecular formula is C16H15ClN2O3S. The third-order valence-electron chi connectivity index (χ3n) is 3.01. The zero-order valence-electron chi connectivity index (χ0n) is 12.3. The van der Waals surface area contributed by atoms with Crippen molar-refractivity contribution in [3.8, 4) is 0 Å². The molecule has 0 aliphatic carbocycles. The van der Waals surface area contributed by atoms with Gasteiger partial charge in [-0.05, 0) is 36.8 Å². The largest absolute Gasteiger partial charge is 0.478 e. The Morgan fingerprint density at radius 1 is 1.35 bits per heavy atom. The molecular weight excluding hydrogens is 336 g/mol. The molecule has 1 unspecified atom stereocenters. The molecule has 0 bridgehead atoms. The Morgan fingerprint density at radius 3 is 2.78 bits per heavy atom. The summed E-state index contributed by atoms with van der Waals surface area (Å²) < 4.78 is 0. The van der Waals surface area contributed by atoms with Crippen LogP contribution in [0, 0.1) is 0 Å². The van der Waals surface area contributed by atoms with Gasteiger partial charge in [0.15, 0.2) is 0 Å². The molecule has 0 radical (unpaired) electrons. The highest BCUT2D eigenvalue weighted by Gasteiger charge is 2.22. The molecule has 0 saturated carbocycles. The van der Waals surface area contributed by atoms with Gasteiger partial charge < -0.3 is 10.4 Å². The second-order valence-electron chi connectivity index (χ2n) is 4.68. The quantitative estimate of drug-likeness (QED) is 0.771. The van der Waals surface area contributed by atoms with Crippen LogP contribution >= 0.6 is 23.4 Å². The van der Waals surface area contributed by atoms with Gasteiger partial charge in [-0.25, -0.2) is 9.78 Å². The SMILES string of the molecule is CCC(Sc1ncccc1C(=O)O)C(=O)Nc1cccc(Cl)c1. The van der Waals surface area contributed by atoms with E-state index in [9.17, 15) is 14.7 Å². The lowest BCUT2D eigenvalue weighted by Crippen LogP contribution is -2.25. The van der Waals surface area contributed by atoms with Crippen LogP contribution in [0.2, 0.25) is 5.02 Å². The van der Waals surface area contributed by atoms with E-state index in [0.717, 1.165) is 11.8 Å². The third kappa shape index (κ3) is 4.71. The molecule has 1 amide bonds. The summed E-state index contributed by atoms with van der Waals surface area (Å²) in [6.45, 7) is 1.86. The Labute approximate surface area is 143 Å². The van der Waals surface area contributed by atoms with Gasteiger partial charge in [0.25, 0.3) is 0 Å². The zero-order chi connectivity index (χ0) is 16.8. The fourth-order valence-corrected chi connectivity index (χ4v) is 3.09. The molecule has 2 N–H and O–H groups in total. The summed E-state index contributed by atoms with van der Waals surface area (Å²) in [4.78, 5) is 27.7. The van der Waals surface area contributed by atoms with Crippen molar-refractivity contribution in [2.45, 2.75) is 23.6 Å². The Bertz CT molecular complexity index is 724. The third-order valence-corrected chi connectivity index (χ3v) is 4.63. The number of hydrogen-bond acceptors (Lipinski definition) is 4. The zero-order valence-corrected chi connectivity index (χ0v) is 13.9. The van der Waals surface area contributed by atoms with Crippen molar-refractivity contribution >= 4 is 40.9 Å². The van der Waals surface area contributed by atoms with Gasteiger partial charge in [0.1, 0.15) is 5.03 Å². The number of halogens is 1. The van der Waals surface area contributed by atoms with Crippen molar-refractivity contribution in [1.29, 1.82) is 0 Å². The Balaban J connectivity index is 2.14. The smallest absolute Gasteiger partial charge is 0.338 e. The van der Waals surface area contributed by atoms with Crippen LogP contribution in [0.5, 0.6) is 0 Å². The van der Waals surface area contributed by atoms with Crippen molar-refractivity contribution in [1.82, 2.24) is 4.98 Å². The number of pyridine rings is 1. The fraction of sp³-hybridized carbons (Fsp3) is 0.188. The monoisotopic (exact) mass is 350 g/mol. The molecule has 0 aliphatic rings. The molecule has 5 nitrogen and oxygen atoms in total. The molecule has 0 aliphatic heterocycles. The maximum atomic E-state index is 12.4. The minimum absolute atomic E-state index is 0.0894. The van der Waals surface area contributed by atoms with Gasteiger partial charge in [-0.2, -0.15) is 0 Å². The van der Waals surface area contributed by atoms with Gasteiger partial charge in [-0.1, -0.05) is 36.4 Å². The molecule has 2 aromatic rings. The summed E-state index contributed by atoms with van der Waals surface area (Å²) in [5.41, 5.74) is 0.688. The van der Waals surface area contributed by atoms with Crippen LogP contribution in [0.25, 0.3) is 0 Å². The maximum absolute atomic E-state index is 12.4. The number of aromatic carboxylic acids is 1. The molecule has 0 spiro atoms. The van der Waals surface area contributed by atoms with E-state index in [1.807, 2.05) is 6.92 Å². The van der Waals surface area contributed by atoms with Crippen LogP contribution in [-0.2, 0) is 4.79 Å². The van der Waals surface area contributed by atoms with Crippen LogP contribution in [0.3, 0.4) is 0 Å². The molecule has 7 heteroatoms. The fourth-order valence-electron chi connectivity index (χ4n) is 1.89. The van der Waals surface area contributed by atoms with Crippen LogP contribution in [0.15, 0.2) is 47.6 Å². The summed E-state index contributed by atoms with van der Waals surface area (Å²) in [5.74, 6) is -1.28. The number of nitrogens with one attached hydrogen (secondary N) is 1. The van der Waals surface area contributed by atoms with Crippen LogP contribution in [-0.4, -0.2) is 27.2 Å². The van der Waals surface area contributed by atoms with Gasteiger partial charge in [0.05, 0.1) is 10.8 Å². The highest BCUT2D eigenvalue weighted by molar-refractivity contribution is 8.00. The Kier molecular flexibility index (Phi) is 6.01. The minimum Gasteiger partial charge on any atom is -0.478 e. The van der Waals surface area contributed by atoms with E-state index >= 15 is 0 Å². The average Bonchev–Trinajstić information content (AvgIpc) is 2.52. The molecule has 0 saturated heterocycles. The lowest BCUT2D eigenvalue weighted by atomic mass is 10.2. The summed E-state index contributed by atoms with van der Waals surface area (Å²) in [5, 5.41) is 12.4. The lowest BCUT2D eigenvalue weighted by molar-refractivity contribution is -0.115. The Morgan fingerprint density at radius 2 is 2.13 bits per heavy atom. The number of thioether (sulfide) groups is 1. The predicted octanol–water partition coefficient (Wildman–Crippen LogP) is 3.94. The number of anilines is 1. The van der Waals surface area contributed by atoms with Crippen molar-refractivity contribution < 1.29 is 14.7 Å². The predicted molar refractivity (Wildman–Crippen MR) is 91.2 cm³/mol. The normalized spacial score (nSPS) is 11.7. The van der Waals surface area contributed by atoms with Crippen LogP contribution in [0.4, 0.5) is 5.69 Å². The lowest BCUT2D eigenvalue weighted by Gasteiger charge is -2.15. The highest BCUT2D eigenvalue weighted by Crippen LogP contribution is 2.28. The number of carbonyl (C=O) groups is 2. The van der Waals surface area contributed by atoms with E-state index in [2.05, 4.69) is 10.3 Å². The molecule has 0 fully saturated rings. The first-order chi connectivity index (χ1) is 11.0. The second kappa shape index (κ2) is 7.99. The molecule has 1 atom stereocenters. The molecule has 2 rings (SSSR count). The van der Waals surface area contributed by atoms with Gasteiger partial charge in [-0.3, -0.25) is 4.79 Å². The van der Waals surface area contributed by atoms with Crippen molar-refractivity contribution in [3.63, 3.8) is 0 Å². The number of carboxylic acid groups (broad SMARTS) is 1. The first-order valence-corrected chi connectivity index (χ1v) is 8.18. The molecule has 23 heavy (non-hydrogen) atoms. The maximum Gasteiger partial charge on any atom is 0.338 e. The topological polar surface area (TPSA) is 79.3 Å². The van der Waals surface area contributed by atoms with Crippen molar-refractivity contribution in [2.24, 2.45) is 0 Å². The first kappa shape index (κ1) is 17.3. The van der Waals surface area contributed by atoms with E-state index in [1.54, 1.807) is 30.3 Å². The van der Waals surface area contributed by atoms with E-state index in [1.165, 1.54) is 12.3 Å². The summed E-state index contributed by atoms with van der Waals surface area (Å²) in [6.07, 6.45) is 2.04. The summed E-state index contributed by atoms with van der Waals surface area (Å²) in [7, 11) is 0. The Hall–Kier alpha value is -2.05. The number of carbonyl (C=O) groups excluding carboxylic acids is 1. The number of carboxylic acids is 1. The standard InChI is InChI=1S/C16H15ClN2O3S/c1-2-13(14(20)19-11-6-3-5-10(17)9-11)23-15-12(16(21)22)7-4-8-18-15/h3-9,13H,2H2,1H3,(H,19,20)(H,21,22). The van der Waals surface area contributed by atoms with Gasteiger partial charge >= 0.3 is 5.97 Å². The van der Waals surface area contributed by atoms with E-state index < -0.39 is 11.2 Å². The first-order valence-electron chi connectivity index (χ1n) is 6.92. The number of hydrogen-bond donors (Lipinski definition) is 2. The minimum atomic E-state index is -1.06. The van der Waals surface area contributed by atoms with Crippen molar-refractivity contribution in [3.05, 3.63) is 53.2 Å². The van der Waals surface area contributed by atoms with E-state index in [4.69, 9.17) is 11.6 Å². The van der Waals surface area contributed by atoms with Gasteiger partial charge in [0, 0.05) is 16.9 Å². The van der Waals surface area contributed by atoms with E-state index in [0.29, 0.717) is 22.2 Å². The van der Waals surface area contributed by atoms with Crippen LogP contribution in [0.1, 0.15) is 23.7 Å². The molecule has 120 valence electrons. The summed E-state index contributed by atoms with van der Waals surface area (Å²) >= 11 is 7.03. The number of rotatable bonds is 6. The van der Waals surface area contributed by atoms with E-state index in [-0.39, 0.29) is 11.5 Å². The number of benzene rings is 1. The molecule has 1 aromatic heterocycles.